The molecule has 1 aromatic carbocycles. The number of rotatable bonds is 8. The monoisotopic (exact) mass is 303 g/mol. The Balaban J connectivity index is 1.99. The first-order valence-corrected chi connectivity index (χ1v) is 8.66. The van der Waals surface area contributed by atoms with Crippen molar-refractivity contribution in [2.75, 3.05) is 12.3 Å². The molecule has 2 rings (SSSR count). The van der Waals surface area contributed by atoms with E-state index in [9.17, 15) is 0 Å². The van der Waals surface area contributed by atoms with Crippen LogP contribution >= 0.6 is 11.8 Å². The Kier molecular flexibility index (Phi) is 6.33. The topological polar surface area (TPSA) is 29.9 Å². The van der Waals surface area contributed by atoms with Crippen molar-refractivity contribution in [1.82, 2.24) is 15.1 Å². The first kappa shape index (κ1) is 16.1. The predicted molar refractivity (Wildman–Crippen MR) is 90.8 cm³/mol. The first-order valence-electron chi connectivity index (χ1n) is 7.68. The summed E-state index contributed by atoms with van der Waals surface area (Å²) in [5.74, 6) is 1.02. The van der Waals surface area contributed by atoms with Crippen LogP contribution in [-0.4, -0.2) is 22.1 Å². The van der Waals surface area contributed by atoms with E-state index in [0.717, 1.165) is 25.3 Å². The molecule has 1 heterocycles. The SMILES string of the molecule is CCCn1cc(C(CSc2ccc(C)cc2)NCC)cn1. The Morgan fingerprint density at radius 1 is 1.24 bits per heavy atom. The molecule has 1 aromatic heterocycles. The number of hydrogen-bond donors (Lipinski definition) is 1. The molecule has 0 spiro atoms. The summed E-state index contributed by atoms with van der Waals surface area (Å²) >= 11 is 1.90. The molecule has 3 nitrogen and oxygen atoms in total. The van der Waals surface area contributed by atoms with Crippen LogP contribution in [0.1, 0.15) is 37.4 Å². The van der Waals surface area contributed by atoms with Gasteiger partial charge in [-0.05, 0) is 32.0 Å². The quantitative estimate of drug-likeness (QED) is 0.746. The lowest BCUT2D eigenvalue weighted by Crippen LogP contribution is -2.22. The van der Waals surface area contributed by atoms with E-state index in [1.807, 2.05) is 22.6 Å². The molecule has 0 bridgehead atoms. The lowest BCUT2D eigenvalue weighted by atomic mass is 10.2. The van der Waals surface area contributed by atoms with E-state index in [-0.39, 0.29) is 0 Å². The summed E-state index contributed by atoms with van der Waals surface area (Å²) in [6.45, 7) is 8.41. The number of benzene rings is 1. The molecule has 114 valence electrons. The van der Waals surface area contributed by atoms with Crippen LogP contribution in [0.15, 0.2) is 41.6 Å². The maximum absolute atomic E-state index is 4.44. The molecule has 1 atom stereocenters. The Labute approximate surface area is 132 Å². The van der Waals surface area contributed by atoms with E-state index in [0.29, 0.717) is 6.04 Å². The van der Waals surface area contributed by atoms with Gasteiger partial charge in [-0.3, -0.25) is 4.68 Å². The third-order valence-electron chi connectivity index (χ3n) is 3.40. The molecule has 0 saturated heterocycles. The number of thioether (sulfide) groups is 1. The molecule has 4 heteroatoms. The van der Waals surface area contributed by atoms with Crippen molar-refractivity contribution >= 4 is 11.8 Å². The number of aromatic nitrogens is 2. The van der Waals surface area contributed by atoms with Gasteiger partial charge in [-0.25, -0.2) is 0 Å². The van der Waals surface area contributed by atoms with Crippen LogP contribution in [0.4, 0.5) is 0 Å². The summed E-state index contributed by atoms with van der Waals surface area (Å²) in [4.78, 5) is 1.32. The van der Waals surface area contributed by atoms with Crippen molar-refractivity contribution in [3.05, 3.63) is 47.8 Å². The highest BCUT2D eigenvalue weighted by molar-refractivity contribution is 7.99. The minimum absolute atomic E-state index is 0.354. The van der Waals surface area contributed by atoms with Gasteiger partial charge in [-0.1, -0.05) is 31.5 Å². The molecule has 21 heavy (non-hydrogen) atoms. The molecule has 0 aliphatic rings. The number of hydrogen-bond acceptors (Lipinski definition) is 3. The van der Waals surface area contributed by atoms with E-state index in [1.54, 1.807) is 0 Å². The molecule has 0 aliphatic carbocycles. The van der Waals surface area contributed by atoms with Gasteiger partial charge in [-0.15, -0.1) is 11.8 Å². The van der Waals surface area contributed by atoms with Gasteiger partial charge in [-0.2, -0.15) is 5.10 Å². The molecule has 0 fully saturated rings. The summed E-state index contributed by atoms with van der Waals surface area (Å²) in [5.41, 5.74) is 2.59. The van der Waals surface area contributed by atoms with E-state index < -0.39 is 0 Å². The Hall–Kier alpha value is -1.26. The molecule has 0 aliphatic heterocycles. The minimum Gasteiger partial charge on any atom is -0.309 e. The highest BCUT2D eigenvalue weighted by atomic mass is 32.2. The maximum atomic E-state index is 4.44. The zero-order valence-electron chi connectivity index (χ0n) is 13.2. The normalized spacial score (nSPS) is 12.5. The van der Waals surface area contributed by atoms with E-state index in [4.69, 9.17) is 0 Å². The van der Waals surface area contributed by atoms with Gasteiger partial charge in [0.05, 0.1) is 6.20 Å². The van der Waals surface area contributed by atoms with Crippen LogP contribution in [0, 0.1) is 6.92 Å². The zero-order chi connectivity index (χ0) is 15.1. The third kappa shape index (κ3) is 4.90. The Morgan fingerprint density at radius 2 is 2.00 bits per heavy atom. The van der Waals surface area contributed by atoms with Gasteiger partial charge < -0.3 is 5.32 Å². The van der Waals surface area contributed by atoms with Crippen molar-refractivity contribution in [2.24, 2.45) is 0 Å². The lowest BCUT2D eigenvalue weighted by molar-refractivity contribution is 0.590. The maximum Gasteiger partial charge on any atom is 0.0537 e. The molecule has 2 aromatic rings. The minimum atomic E-state index is 0.354. The van der Waals surface area contributed by atoms with Gasteiger partial charge >= 0.3 is 0 Å². The van der Waals surface area contributed by atoms with Gasteiger partial charge in [0.1, 0.15) is 0 Å². The molecular formula is C17H25N3S. The fourth-order valence-electron chi connectivity index (χ4n) is 2.24. The second-order valence-electron chi connectivity index (χ2n) is 5.27. The second kappa shape index (κ2) is 8.25. The van der Waals surface area contributed by atoms with Crippen molar-refractivity contribution in [3.63, 3.8) is 0 Å². The Morgan fingerprint density at radius 3 is 2.67 bits per heavy atom. The number of nitrogens with zero attached hydrogens (tertiary/aromatic N) is 2. The average Bonchev–Trinajstić information content (AvgIpc) is 2.94. The molecule has 0 amide bonds. The summed E-state index contributed by atoms with van der Waals surface area (Å²) in [6, 6.07) is 9.09. The molecular weight excluding hydrogens is 278 g/mol. The summed E-state index contributed by atoms with van der Waals surface area (Å²) in [7, 11) is 0. The van der Waals surface area contributed by atoms with E-state index in [1.165, 1.54) is 16.0 Å². The average molecular weight is 303 g/mol. The highest BCUT2D eigenvalue weighted by Crippen LogP contribution is 2.25. The highest BCUT2D eigenvalue weighted by Gasteiger charge is 2.13. The summed E-state index contributed by atoms with van der Waals surface area (Å²) in [6.07, 6.45) is 5.29. The van der Waals surface area contributed by atoms with Crippen molar-refractivity contribution < 1.29 is 0 Å². The summed E-state index contributed by atoms with van der Waals surface area (Å²) < 4.78 is 2.04. The molecule has 1 N–H and O–H groups in total. The van der Waals surface area contributed by atoms with Gasteiger partial charge in [0, 0.05) is 35.0 Å². The predicted octanol–water partition coefficient (Wildman–Crippen LogP) is 4.04. The van der Waals surface area contributed by atoms with E-state index >= 15 is 0 Å². The van der Waals surface area contributed by atoms with Crippen LogP contribution in [0.25, 0.3) is 0 Å². The van der Waals surface area contributed by atoms with Crippen molar-refractivity contribution in [2.45, 2.75) is 44.7 Å². The van der Waals surface area contributed by atoms with Gasteiger partial charge in [0.2, 0.25) is 0 Å². The van der Waals surface area contributed by atoms with E-state index in [2.05, 4.69) is 61.6 Å². The fourth-order valence-corrected chi connectivity index (χ4v) is 3.24. The van der Waals surface area contributed by atoms with Crippen molar-refractivity contribution in [3.8, 4) is 0 Å². The first-order chi connectivity index (χ1) is 10.2. The third-order valence-corrected chi connectivity index (χ3v) is 4.50. The standard InChI is InChI=1S/C17H25N3S/c1-4-10-20-12-15(11-19-20)17(18-5-2)13-21-16-8-6-14(3)7-9-16/h6-9,11-12,17-18H,4-5,10,13H2,1-3H3. The largest absolute Gasteiger partial charge is 0.309 e. The van der Waals surface area contributed by atoms with Crippen LogP contribution in [0.2, 0.25) is 0 Å². The van der Waals surface area contributed by atoms with Crippen LogP contribution in [0.3, 0.4) is 0 Å². The van der Waals surface area contributed by atoms with Crippen molar-refractivity contribution in [1.29, 1.82) is 0 Å². The van der Waals surface area contributed by atoms with Gasteiger partial charge in [0.25, 0.3) is 0 Å². The molecule has 1 unspecified atom stereocenters. The van der Waals surface area contributed by atoms with Crippen LogP contribution < -0.4 is 5.32 Å². The lowest BCUT2D eigenvalue weighted by Gasteiger charge is -2.16. The Bertz CT molecular complexity index is 533. The summed E-state index contributed by atoms with van der Waals surface area (Å²) in [5, 5.41) is 8.00. The molecule has 0 radical (unpaired) electrons. The zero-order valence-corrected chi connectivity index (χ0v) is 14.0. The van der Waals surface area contributed by atoms with Crippen LogP contribution in [-0.2, 0) is 6.54 Å². The number of nitrogens with one attached hydrogen (secondary N) is 1. The smallest absolute Gasteiger partial charge is 0.0537 e. The fraction of sp³-hybridized carbons (Fsp3) is 0.471. The van der Waals surface area contributed by atoms with Crippen LogP contribution in [0.5, 0.6) is 0 Å². The number of aryl methyl sites for hydroxylation is 2. The van der Waals surface area contributed by atoms with Gasteiger partial charge in [0.15, 0.2) is 0 Å². The second-order valence-corrected chi connectivity index (χ2v) is 6.36. The molecule has 0 saturated carbocycles.